The van der Waals surface area contributed by atoms with Crippen LogP contribution in [0.15, 0.2) is 18.2 Å². The van der Waals surface area contributed by atoms with Crippen LogP contribution in [0, 0.1) is 0 Å². The summed E-state index contributed by atoms with van der Waals surface area (Å²) in [5.41, 5.74) is 6.59. The predicted octanol–water partition coefficient (Wildman–Crippen LogP) is 3.17. The van der Waals surface area contributed by atoms with Crippen molar-refractivity contribution in [3.05, 3.63) is 23.2 Å². The van der Waals surface area contributed by atoms with E-state index in [-0.39, 0.29) is 6.10 Å². The van der Waals surface area contributed by atoms with E-state index in [4.69, 9.17) is 22.1 Å². The van der Waals surface area contributed by atoms with E-state index < -0.39 is 0 Å². The van der Waals surface area contributed by atoms with Gasteiger partial charge in [-0.2, -0.15) is 0 Å². The first-order valence-electron chi connectivity index (χ1n) is 6.46. The highest BCUT2D eigenvalue weighted by Crippen LogP contribution is 2.31. The Balaban J connectivity index is 2.13. The van der Waals surface area contributed by atoms with Gasteiger partial charge in [0, 0.05) is 17.1 Å². The van der Waals surface area contributed by atoms with E-state index in [2.05, 4.69) is 19.0 Å². The Morgan fingerprint density at radius 1 is 1.28 bits per heavy atom. The number of nitrogens with two attached hydrogens (primary N) is 1. The van der Waals surface area contributed by atoms with Crippen LogP contribution in [0.5, 0.6) is 5.75 Å². The molecule has 2 rings (SSSR count). The first-order chi connectivity index (χ1) is 8.58. The van der Waals surface area contributed by atoms with Crippen LogP contribution in [0.2, 0.25) is 5.02 Å². The largest absolute Gasteiger partial charge is 0.487 e. The molecule has 3 nitrogen and oxygen atoms in total. The van der Waals surface area contributed by atoms with E-state index in [1.807, 2.05) is 0 Å². The average Bonchev–Trinajstić information content (AvgIpc) is 2.34. The maximum absolute atomic E-state index is 6.09. The second kappa shape index (κ2) is 5.81. The van der Waals surface area contributed by atoms with Gasteiger partial charge < -0.3 is 15.4 Å². The van der Waals surface area contributed by atoms with Crippen molar-refractivity contribution in [1.29, 1.82) is 0 Å². The van der Waals surface area contributed by atoms with Crippen LogP contribution in [-0.4, -0.2) is 31.1 Å². The fourth-order valence-electron chi connectivity index (χ4n) is 2.58. The number of halogens is 1. The van der Waals surface area contributed by atoms with Crippen molar-refractivity contribution in [3.8, 4) is 5.75 Å². The number of benzene rings is 1. The smallest absolute Gasteiger partial charge is 0.144 e. The van der Waals surface area contributed by atoms with Gasteiger partial charge in [0.05, 0.1) is 5.69 Å². The summed E-state index contributed by atoms with van der Waals surface area (Å²) in [6, 6.07) is 5.84. The fourth-order valence-corrected chi connectivity index (χ4v) is 2.74. The summed E-state index contributed by atoms with van der Waals surface area (Å²) >= 11 is 5.99. The molecule has 100 valence electrons. The number of nitrogens with zero attached hydrogens (tertiary/aromatic N) is 1. The molecule has 1 aromatic rings. The molecule has 0 aromatic heterocycles. The van der Waals surface area contributed by atoms with E-state index in [1.54, 1.807) is 18.2 Å². The molecule has 0 amide bonds. The minimum atomic E-state index is 0.203. The number of anilines is 1. The summed E-state index contributed by atoms with van der Waals surface area (Å²) < 4.78 is 6.09. The van der Waals surface area contributed by atoms with E-state index >= 15 is 0 Å². The number of hydrogen-bond acceptors (Lipinski definition) is 3. The molecule has 2 N–H and O–H groups in total. The van der Waals surface area contributed by atoms with Gasteiger partial charge in [-0.3, -0.25) is 0 Å². The maximum atomic E-state index is 6.09. The van der Waals surface area contributed by atoms with E-state index in [9.17, 15) is 0 Å². The molecule has 0 saturated heterocycles. The first kappa shape index (κ1) is 13.5. The predicted molar refractivity (Wildman–Crippen MR) is 76.2 cm³/mol. The van der Waals surface area contributed by atoms with Gasteiger partial charge in [0.25, 0.3) is 0 Å². The SMILES string of the molecule is CN(C)C1CCCCC1Oc1cc(Cl)ccc1N. The second-order valence-corrected chi connectivity index (χ2v) is 5.59. The quantitative estimate of drug-likeness (QED) is 0.856. The van der Waals surface area contributed by atoms with Gasteiger partial charge in [-0.25, -0.2) is 0 Å². The molecular formula is C14H21ClN2O. The van der Waals surface area contributed by atoms with Crippen molar-refractivity contribution in [2.24, 2.45) is 0 Å². The van der Waals surface area contributed by atoms with Crippen LogP contribution in [0.3, 0.4) is 0 Å². The Kier molecular flexibility index (Phi) is 4.36. The van der Waals surface area contributed by atoms with Crippen LogP contribution in [-0.2, 0) is 0 Å². The molecule has 4 heteroatoms. The third-order valence-corrected chi connectivity index (χ3v) is 3.82. The lowest BCUT2D eigenvalue weighted by Crippen LogP contribution is -2.44. The number of nitrogen functional groups attached to an aromatic ring is 1. The van der Waals surface area contributed by atoms with Crippen molar-refractivity contribution in [3.63, 3.8) is 0 Å². The van der Waals surface area contributed by atoms with Crippen molar-refractivity contribution >= 4 is 17.3 Å². The molecule has 1 aliphatic carbocycles. The molecular weight excluding hydrogens is 248 g/mol. The first-order valence-corrected chi connectivity index (χ1v) is 6.84. The maximum Gasteiger partial charge on any atom is 0.144 e. The molecule has 0 bridgehead atoms. The summed E-state index contributed by atoms with van der Waals surface area (Å²) in [6.45, 7) is 0. The molecule has 18 heavy (non-hydrogen) atoms. The number of likely N-dealkylation sites (N-methyl/N-ethyl adjacent to an activating group) is 1. The molecule has 0 heterocycles. The highest BCUT2D eigenvalue weighted by molar-refractivity contribution is 6.30. The Labute approximate surface area is 114 Å². The monoisotopic (exact) mass is 268 g/mol. The lowest BCUT2D eigenvalue weighted by atomic mass is 9.91. The van der Waals surface area contributed by atoms with Crippen molar-refractivity contribution in [2.45, 2.75) is 37.8 Å². The third kappa shape index (κ3) is 3.09. The minimum absolute atomic E-state index is 0.203. The van der Waals surface area contributed by atoms with Gasteiger partial charge in [-0.05, 0) is 45.5 Å². The molecule has 0 aliphatic heterocycles. The zero-order chi connectivity index (χ0) is 13.1. The molecule has 1 saturated carbocycles. The van der Waals surface area contributed by atoms with Crippen LogP contribution in [0.1, 0.15) is 25.7 Å². The topological polar surface area (TPSA) is 38.5 Å². The average molecular weight is 269 g/mol. The third-order valence-electron chi connectivity index (χ3n) is 3.58. The molecule has 2 unspecified atom stereocenters. The standard InChI is InChI=1S/C14H21ClN2O/c1-17(2)12-5-3-4-6-13(12)18-14-9-10(15)7-8-11(14)16/h7-9,12-13H,3-6,16H2,1-2H3. The van der Waals surface area contributed by atoms with Gasteiger partial charge in [0.1, 0.15) is 11.9 Å². The van der Waals surface area contributed by atoms with Crippen LogP contribution in [0.4, 0.5) is 5.69 Å². The van der Waals surface area contributed by atoms with Gasteiger partial charge in [0.15, 0.2) is 0 Å². The van der Waals surface area contributed by atoms with E-state index in [1.165, 1.54) is 19.3 Å². The molecule has 1 fully saturated rings. The van der Waals surface area contributed by atoms with Crippen LogP contribution >= 0.6 is 11.6 Å². The zero-order valence-corrected chi connectivity index (χ0v) is 11.8. The number of rotatable bonds is 3. The Bertz CT molecular complexity index is 409. The van der Waals surface area contributed by atoms with Gasteiger partial charge >= 0.3 is 0 Å². The molecule has 1 aliphatic rings. The van der Waals surface area contributed by atoms with Gasteiger partial charge in [0.2, 0.25) is 0 Å². The molecule has 0 spiro atoms. The number of hydrogen-bond donors (Lipinski definition) is 1. The van der Waals surface area contributed by atoms with Crippen LogP contribution < -0.4 is 10.5 Å². The molecule has 1 aromatic carbocycles. The highest BCUT2D eigenvalue weighted by atomic mass is 35.5. The van der Waals surface area contributed by atoms with Crippen molar-refractivity contribution in [1.82, 2.24) is 4.90 Å². The zero-order valence-electron chi connectivity index (χ0n) is 11.0. The van der Waals surface area contributed by atoms with Crippen molar-refractivity contribution in [2.75, 3.05) is 19.8 Å². The summed E-state index contributed by atoms with van der Waals surface area (Å²) in [5, 5.41) is 0.663. The van der Waals surface area contributed by atoms with Crippen LogP contribution in [0.25, 0.3) is 0 Å². The van der Waals surface area contributed by atoms with Crippen molar-refractivity contribution < 1.29 is 4.74 Å². The summed E-state index contributed by atoms with van der Waals surface area (Å²) in [5.74, 6) is 0.709. The Morgan fingerprint density at radius 2 is 2.00 bits per heavy atom. The Morgan fingerprint density at radius 3 is 2.72 bits per heavy atom. The second-order valence-electron chi connectivity index (χ2n) is 5.15. The molecule has 0 radical (unpaired) electrons. The van der Waals surface area contributed by atoms with Gasteiger partial charge in [-0.1, -0.05) is 18.0 Å². The highest BCUT2D eigenvalue weighted by Gasteiger charge is 2.28. The lowest BCUT2D eigenvalue weighted by Gasteiger charge is -2.36. The lowest BCUT2D eigenvalue weighted by molar-refractivity contribution is 0.0628. The van der Waals surface area contributed by atoms with E-state index in [0.29, 0.717) is 22.5 Å². The van der Waals surface area contributed by atoms with E-state index in [0.717, 1.165) is 6.42 Å². The summed E-state index contributed by atoms with van der Waals surface area (Å²) in [4.78, 5) is 2.24. The summed E-state index contributed by atoms with van der Waals surface area (Å²) in [7, 11) is 4.21. The Hall–Kier alpha value is -0.930. The normalized spacial score (nSPS) is 24.2. The van der Waals surface area contributed by atoms with Gasteiger partial charge in [-0.15, -0.1) is 0 Å². The minimum Gasteiger partial charge on any atom is -0.487 e. The molecule has 2 atom stereocenters. The summed E-state index contributed by atoms with van der Waals surface area (Å²) in [6.07, 6.45) is 4.95. The fraction of sp³-hybridized carbons (Fsp3) is 0.571. The number of ether oxygens (including phenoxy) is 1.